The second kappa shape index (κ2) is 37.9. The molecule has 0 bridgehead atoms. The molecule has 11 unspecified atom stereocenters. The fraction of sp³-hybridized carbons (Fsp3) is 0.768. The molecule has 27 atom stereocenters. The first-order valence-corrected chi connectivity index (χ1v) is 34.3. The van der Waals surface area contributed by atoms with Gasteiger partial charge in [-0.05, 0) is 24.7 Å². The number of aliphatic carboxylic acids is 1. The molecular weight excluding hydrogens is 1440 g/mol. The molecule has 0 saturated carbocycles. The number of Topliss-reactive ketones (excluding diaryl/α,β-unsaturated/α-hetero) is 1. The van der Waals surface area contributed by atoms with Crippen molar-refractivity contribution in [2.24, 2.45) is 5.92 Å². The molecule has 0 aliphatic carbocycles. The van der Waals surface area contributed by atoms with Crippen LogP contribution in [0.2, 0.25) is 0 Å². The number of nitrogens with zero attached hydrogens (tertiary/aromatic N) is 3. The summed E-state index contributed by atoms with van der Waals surface area (Å²) in [5, 5.41) is 145. The van der Waals surface area contributed by atoms with E-state index in [1.165, 1.54) is 0 Å². The summed E-state index contributed by atoms with van der Waals surface area (Å²) in [6.45, 7) is -3.93. The number of anilines is 1. The summed E-state index contributed by atoms with van der Waals surface area (Å²) in [6.07, 6.45) is -42.7. The molecular formula is C56H84N7O38PS. The van der Waals surface area contributed by atoms with Crippen molar-refractivity contribution in [3.63, 3.8) is 0 Å². The highest BCUT2D eigenvalue weighted by molar-refractivity contribution is 8.00. The number of ether oxygens (including phenoxy) is 11. The van der Waals surface area contributed by atoms with Crippen molar-refractivity contribution in [3.05, 3.63) is 22.7 Å². The van der Waals surface area contributed by atoms with Crippen LogP contribution in [0.25, 0.3) is 0 Å². The molecule has 582 valence electrons. The molecule has 103 heavy (non-hydrogen) atoms. The molecule has 5 amide bonds. The molecule has 6 fully saturated rings. The van der Waals surface area contributed by atoms with Crippen molar-refractivity contribution in [1.29, 1.82) is 0 Å². The molecule has 45 nitrogen and oxygen atoms in total. The Morgan fingerprint density at radius 3 is 2.10 bits per heavy atom. The Kier molecular flexibility index (Phi) is 31.0. The molecule has 7 rings (SSSR count). The van der Waals surface area contributed by atoms with E-state index in [0.29, 0.717) is 0 Å². The second-order valence-electron chi connectivity index (χ2n) is 24.2. The summed E-state index contributed by atoms with van der Waals surface area (Å²) >= 11 is 1.06. The van der Waals surface area contributed by atoms with Crippen LogP contribution in [0, 0.1) is 5.92 Å². The molecule has 19 N–H and O–H groups in total. The van der Waals surface area contributed by atoms with Gasteiger partial charge in [-0.15, -0.1) is 11.8 Å². The Hall–Kier alpha value is -6.07. The maximum absolute atomic E-state index is 13.3. The topological polar surface area (TPSA) is 674 Å². The molecule has 0 spiro atoms. The lowest BCUT2D eigenvalue weighted by Gasteiger charge is -2.49. The number of likely N-dealkylation sites (tertiary alicyclic amines) is 1. The van der Waals surface area contributed by atoms with Gasteiger partial charge in [0, 0.05) is 71.3 Å². The molecule has 1 aromatic heterocycles. The fourth-order valence-corrected chi connectivity index (χ4v) is 13.9. The number of ketones is 1. The third-order valence-electron chi connectivity index (χ3n) is 17.1. The van der Waals surface area contributed by atoms with E-state index in [-0.39, 0.29) is 69.7 Å². The number of nitrogens with two attached hydrogens (primary N) is 1. The molecule has 1 aromatic rings. The summed E-state index contributed by atoms with van der Waals surface area (Å²) in [5.74, 6) is -11.3. The Morgan fingerprint density at radius 1 is 0.816 bits per heavy atom. The zero-order valence-electron chi connectivity index (χ0n) is 54.7. The number of carbonyl (C=O) groups is 9. The third-order valence-corrected chi connectivity index (χ3v) is 19.4. The Bertz CT molecular complexity index is 3190. The monoisotopic (exact) mass is 1530 g/mol. The van der Waals surface area contributed by atoms with Gasteiger partial charge >= 0.3 is 19.5 Å². The van der Waals surface area contributed by atoms with Crippen LogP contribution in [0.1, 0.15) is 58.1 Å². The SMILES string of the molecule is CO[C@@H]1C(OC=O)O[C@@H](O[C@@H]2C(CO)O[C@H](O[C@@H]3C(OC=O)O[C@@H](OCCNC(=O)CCCN4C(=O)CC(SCCCC(=O)NCC(=O)C[C@@H]5C(O)C[C@@](OP(=O)(O)OC[C@H]6O[C@@H](n7ccc(N)nc7=O)[C@@H](O)C6O)(C(=O)O)OC5[C@H](O)[C@H](O)CO)C4=O)[C@@H](O)C3O)[C@@H](NC(C)=O)C2O)[C@@H](O)C1O. The van der Waals surface area contributed by atoms with Gasteiger partial charge in [0.15, 0.2) is 37.0 Å². The first-order valence-electron chi connectivity index (χ1n) is 31.7. The van der Waals surface area contributed by atoms with Crippen LogP contribution in [-0.4, -0.2) is 345 Å². The number of rotatable bonds is 38. The van der Waals surface area contributed by atoms with Gasteiger partial charge in [-0.25, -0.2) is 18.7 Å². The van der Waals surface area contributed by atoms with Gasteiger partial charge < -0.3 is 145 Å². The number of nitrogens with one attached hydrogen (secondary N) is 3. The highest BCUT2D eigenvalue weighted by atomic mass is 32.2. The largest absolute Gasteiger partial charge is 0.477 e. The normalized spacial score (nSPS) is 35.8. The first-order chi connectivity index (χ1) is 48.7. The number of carboxylic acid groups (broad SMARTS) is 1. The number of hydrogen-bond donors (Lipinski definition) is 18. The highest BCUT2D eigenvalue weighted by Gasteiger charge is 2.60. The molecule has 7 heterocycles. The predicted molar refractivity (Wildman–Crippen MR) is 327 cm³/mol. The summed E-state index contributed by atoms with van der Waals surface area (Å²) in [4.78, 5) is 140. The lowest BCUT2D eigenvalue weighted by atomic mass is 9.80. The number of phosphoric ester groups is 1. The van der Waals surface area contributed by atoms with E-state index in [9.17, 15) is 124 Å². The number of phosphoric acid groups is 1. The number of aliphatic hydroxyl groups is 12. The van der Waals surface area contributed by atoms with Gasteiger partial charge in [-0.2, -0.15) is 4.98 Å². The van der Waals surface area contributed by atoms with Gasteiger partial charge in [-0.1, -0.05) is 0 Å². The van der Waals surface area contributed by atoms with Crippen LogP contribution in [0.3, 0.4) is 0 Å². The van der Waals surface area contributed by atoms with E-state index in [1.807, 2.05) is 0 Å². The predicted octanol–water partition coefficient (Wildman–Crippen LogP) is -11.0. The summed E-state index contributed by atoms with van der Waals surface area (Å²) < 4.78 is 83.4. The molecule has 6 aliphatic heterocycles. The van der Waals surface area contributed by atoms with Crippen molar-refractivity contribution in [2.45, 2.75) is 204 Å². The number of imide groups is 1. The van der Waals surface area contributed by atoms with E-state index in [1.54, 1.807) is 0 Å². The van der Waals surface area contributed by atoms with Crippen LogP contribution in [-0.2, 0) is 109 Å². The minimum Gasteiger partial charge on any atom is -0.477 e. The smallest absolute Gasteiger partial charge is 0.475 e. The van der Waals surface area contributed by atoms with Gasteiger partial charge in [-0.3, -0.25) is 52.3 Å². The van der Waals surface area contributed by atoms with E-state index in [0.717, 1.165) is 47.5 Å². The number of hydrogen-bond acceptors (Lipinski definition) is 39. The number of aliphatic hydroxyl groups excluding tert-OH is 12. The number of carbonyl (C=O) groups excluding carboxylic acids is 8. The molecule has 6 saturated heterocycles. The van der Waals surface area contributed by atoms with Gasteiger partial charge in [0.1, 0.15) is 91.2 Å². The average molecular weight is 1530 g/mol. The van der Waals surface area contributed by atoms with Crippen molar-refractivity contribution >= 4 is 79.6 Å². The molecule has 47 heteroatoms. The Labute approximate surface area is 586 Å². The van der Waals surface area contributed by atoms with Gasteiger partial charge in [0.25, 0.3) is 18.7 Å². The van der Waals surface area contributed by atoms with Crippen molar-refractivity contribution in [2.75, 3.05) is 64.7 Å². The molecule has 0 aromatic carbocycles. The van der Waals surface area contributed by atoms with E-state index >= 15 is 0 Å². The number of nitrogen functional groups attached to an aromatic ring is 1. The van der Waals surface area contributed by atoms with Crippen molar-refractivity contribution in [3.8, 4) is 0 Å². The summed E-state index contributed by atoms with van der Waals surface area (Å²) in [7, 11) is -4.61. The number of methoxy groups -OCH3 is 1. The van der Waals surface area contributed by atoms with Gasteiger partial charge in [0.05, 0.1) is 50.4 Å². The minimum absolute atomic E-state index is 0.00599. The lowest BCUT2D eigenvalue weighted by molar-refractivity contribution is -0.389. The first kappa shape index (κ1) is 84.2. The Morgan fingerprint density at radius 2 is 1.46 bits per heavy atom. The lowest BCUT2D eigenvalue weighted by Crippen LogP contribution is -2.69. The van der Waals surface area contributed by atoms with Crippen molar-refractivity contribution in [1.82, 2.24) is 30.4 Å². The quantitative estimate of drug-likeness (QED) is 0.0127. The van der Waals surface area contributed by atoms with Crippen LogP contribution in [0.5, 0.6) is 0 Å². The average Bonchev–Trinajstić information content (AvgIpc) is 1.17. The number of amides is 5. The zero-order valence-corrected chi connectivity index (χ0v) is 56.4. The second-order valence-corrected chi connectivity index (χ2v) is 26.9. The third kappa shape index (κ3) is 21.2. The fourth-order valence-electron chi connectivity index (χ4n) is 11.8. The van der Waals surface area contributed by atoms with E-state index in [4.69, 9.17) is 66.9 Å². The molecule has 6 aliphatic rings. The minimum atomic E-state index is -5.73. The Balaban J connectivity index is 0.803. The maximum atomic E-state index is 13.3. The van der Waals surface area contributed by atoms with E-state index < -0.39 is 259 Å². The molecule has 0 radical (unpaired) electrons. The number of thioether (sulfide) groups is 1. The summed E-state index contributed by atoms with van der Waals surface area (Å²) in [5.41, 5.74) is 4.47. The van der Waals surface area contributed by atoms with E-state index in [2.05, 4.69) is 20.9 Å². The van der Waals surface area contributed by atoms with Crippen molar-refractivity contribution < 1.29 is 180 Å². The maximum Gasteiger partial charge on any atom is 0.475 e. The van der Waals surface area contributed by atoms with Crippen LogP contribution >= 0.6 is 19.6 Å². The van der Waals surface area contributed by atoms with Crippen LogP contribution in [0.15, 0.2) is 17.1 Å². The standard InChI is InChI=1S/C56H84N7O38PS/c1-22(68)60-34-37(77)44(96-51-42(82)38(78)45(89-2)52(99-51)91-20-66)27(18-65)95-49(34)97-46-39(79)41(81)50(98-53(46)92-21-67)90-11-8-58-31(72)5-3-9-62-33(74)14-29(47(62)83)103-12-4-6-32(73)59-16-23(69)13-24-25(70)15-56(54(84)85,100-43(24)35(75)26(71)17-64)101-102(87,88)93-19-28-36(76)40(80)48(94-28)63-10-7-30(57)61-55(63)86/h7,10,20-21,24-29,34-46,48-53,64-65,70-71,75-82H,3-6,8-9,11-19H2,1-2H3,(H,58,72)(H,59,73)(H,60,68)(H,84,85)(H,87,88)(H2,57,61,86)/t24-,25?,26-,27?,28-,29?,34+,35-,36?,37?,38?,39?,40+,41+,42+,43?,44-,45+,46+,48-,49-,50-,51-,52?,53?,56-/m1/s1. The van der Waals surface area contributed by atoms with Gasteiger partial charge in [0.2, 0.25) is 42.1 Å². The van der Waals surface area contributed by atoms with Crippen LogP contribution < -0.4 is 27.4 Å². The number of aromatic nitrogens is 2. The highest BCUT2D eigenvalue weighted by Crippen LogP contribution is 2.52. The summed E-state index contributed by atoms with van der Waals surface area (Å²) in [6, 6.07) is -0.518. The zero-order chi connectivity index (χ0) is 75.9. The number of carboxylic acids is 1. The van der Waals surface area contributed by atoms with Crippen LogP contribution in [0.4, 0.5) is 5.82 Å².